The van der Waals surface area contributed by atoms with E-state index in [0.29, 0.717) is 21.3 Å². The van der Waals surface area contributed by atoms with Crippen molar-refractivity contribution in [3.63, 3.8) is 0 Å². The second-order valence-corrected chi connectivity index (χ2v) is 6.27. The monoisotopic (exact) mass is 387 g/mol. The number of aromatic hydroxyl groups is 1. The summed E-state index contributed by atoms with van der Waals surface area (Å²) in [5.41, 5.74) is 1.55. The molecular formula is C17H11ClFN5OS. The molecule has 0 aliphatic carbocycles. The maximum absolute atomic E-state index is 13.2. The SMILES string of the molecule is Oc1cn(-c2ccc(Cl)cc2)nc1-c1n[nH]c(=S)n1-c1ccc(F)cc1. The highest BCUT2D eigenvalue weighted by Gasteiger charge is 2.19. The van der Waals surface area contributed by atoms with Crippen LogP contribution in [0.4, 0.5) is 4.39 Å². The molecule has 0 saturated heterocycles. The number of nitrogens with zero attached hydrogens (tertiary/aromatic N) is 4. The summed E-state index contributed by atoms with van der Waals surface area (Å²) in [5.74, 6) is -0.121. The van der Waals surface area contributed by atoms with Crippen molar-refractivity contribution in [1.82, 2.24) is 24.5 Å². The second-order valence-electron chi connectivity index (χ2n) is 5.45. The second kappa shape index (κ2) is 6.40. The van der Waals surface area contributed by atoms with Gasteiger partial charge in [0.25, 0.3) is 0 Å². The molecule has 2 aromatic heterocycles. The molecule has 0 aliphatic heterocycles. The molecule has 4 aromatic rings. The molecule has 0 unspecified atom stereocenters. The van der Waals surface area contributed by atoms with Crippen molar-refractivity contribution < 1.29 is 9.50 Å². The summed E-state index contributed by atoms with van der Waals surface area (Å²) in [6.07, 6.45) is 1.46. The molecule has 2 aromatic carbocycles. The van der Waals surface area contributed by atoms with Crippen molar-refractivity contribution in [3.8, 4) is 28.6 Å². The van der Waals surface area contributed by atoms with Crippen LogP contribution in [-0.2, 0) is 0 Å². The highest BCUT2D eigenvalue weighted by molar-refractivity contribution is 7.71. The summed E-state index contributed by atoms with van der Waals surface area (Å²) in [7, 11) is 0. The average Bonchev–Trinajstić information content (AvgIpc) is 3.19. The van der Waals surface area contributed by atoms with Crippen molar-refractivity contribution in [2.45, 2.75) is 0 Å². The zero-order valence-corrected chi connectivity index (χ0v) is 14.7. The lowest BCUT2D eigenvalue weighted by Crippen LogP contribution is -2.00. The average molecular weight is 388 g/mol. The molecule has 2 heterocycles. The van der Waals surface area contributed by atoms with Gasteiger partial charge in [0.1, 0.15) is 5.82 Å². The van der Waals surface area contributed by atoms with Gasteiger partial charge in [-0.1, -0.05) is 11.6 Å². The smallest absolute Gasteiger partial charge is 0.200 e. The molecule has 0 bridgehead atoms. The molecule has 26 heavy (non-hydrogen) atoms. The Hall–Kier alpha value is -2.97. The third kappa shape index (κ3) is 2.89. The minimum Gasteiger partial charge on any atom is -0.504 e. The number of aromatic amines is 1. The van der Waals surface area contributed by atoms with Gasteiger partial charge in [-0.2, -0.15) is 10.2 Å². The fourth-order valence-electron chi connectivity index (χ4n) is 2.54. The van der Waals surface area contributed by atoms with E-state index in [1.807, 2.05) is 0 Å². The van der Waals surface area contributed by atoms with E-state index < -0.39 is 0 Å². The van der Waals surface area contributed by atoms with E-state index in [9.17, 15) is 9.50 Å². The first kappa shape index (κ1) is 16.5. The van der Waals surface area contributed by atoms with Crippen molar-refractivity contribution in [3.05, 3.63) is 70.3 Å². The number of H-pyrrole nitrogens is 1. The largest absolute Gasteiger partial charge is 0.504 e. The first-order chi connectivity index (χ1) is 12.5. The van der Waals surface area contributed by atoms with Crippen LogP contribution in [0.5, 0.6) is 5.75 Å². The topological polar surface area (TPSA) is 71.7 Å². The first-order valence-corrected chi connectivity index (χ1v) is 8.30. The van der Waals surface area contributed by atoms with Crippen LogP contribution in [0.2, 0.25) is 5.02 Å². The molecule has 130 valence electrons. The van der Waals surface area contributed by atoms with Gasteiger partial charge >= 0.3 is 0 Å². The molecule has 0 fully saturated rings. The van der Waals surface area contributed by atoms with Crippen LogP contribution in [0.3, 0.4) is 0 Å². The molecule has 0 saturated carbocycles. The van der Waals surface area contributed by atoms with Gasteiger partial charge in [-0.25, -0.2) is 9.07 Å². The standard InChI is InChI=1S/C17H11ClFN5OS/c18-10-1-5-12(6-2-10)23-9-14(25)15(22-23)16-20-21-17(26)24(16)13-7-3-11(19)4-8-13/h1-9,25H,(H,21,26). The lowest BCUT2D eigenvalue weighted by molar-refractivity contribution is 0.476. The summed E-state index contributed by atoms with van der Waals surface area (Å²) in [5, 5.41) is 22.2. The van der Waals surface area contributed by atoms with Gasteiger partial charge in [-0.15, -0.1) is 0 Å². The minimum absolute atomic E-state index is 0.0719. The van der Waals surface area contributed by atoms with Crippen LogP contribution < -0.4 is 0 Å². The van der Waals surface area contributed by atoms with Gasteiger partial charge in [0.15, 0.2) is 22.0 Å². The molecule has 2 N–H and O–H groups in total. The molecule has 4 rings (SSSR count). The Labute approximate surface area is 157 Å². The highest BCUT2D eigenvalue weighted by Crippen LogP contribution is 2.29. The summed E-state index contributed by atoms with van der Waals surface area (Å²) >= 11 is 11.2. The van der Waals surface area contributed by atoms with E-state index in [1.54, 1.807) is 41.0 Å². The highest BCUT2D eigenvalue weighted by atomic mass is 35.5. The third-order valence-electron chi connectivity index (χ3n) is 3.76. The number of halogens is 2. The summed E-state index contributed by atoms with van der Waals surface area (Å²) < 4.78 is 16.6. The van der Waals surface area contributed by atoms with Crippen molar-refractivity contribution in [2.24, 2.45) is 0 Å². The van der Waals surface area contributed by atoms with Crippen LogP contribution in [0.15, 0.2) is 54.7 Å². The Kier molecular flexibility index (Phi) is 4.06. The van der Waals surface area contributed by atoms with E-state index in [0.717, 1.165) is 5.69 Å². The maximum atomic E-state index is 13.2. The third-order valence-corrected chi connectivity index (χ3v) is 4.28. The van der Waals surface area contributed by atoms with Gasteiger partial charge in [-0.05, 0) is 60.7 Å². The van der Waals surface area contributed by atoms with Crippen LogP contribution in [-0.4, -0.2) is 29.7 Å². The van der Waals surface area contributed by atoms with Crippen molar-refractivity contribution >= 4 is 23.8 Å². The van der Waals surface area contributed by atoms with Gasteiger partial charge in [-0.3, -0.25) is 9.67 Å². The Balaban J connectivity index is 1.83. The summed E-state index contributed by atoms with van der Waals surface area (Å²) in [6.45, 7) is 0. The van der Waals surface area contributed by atoms with Gasteiger partial charge in [0.2, 0.25) is 0 Å². The van der Waals surface area contributed by atoms with Crippen LogP contribution in [0.25, 0.3) is 22.9 Å². The molecule has 0 aliphatic rings. The van der Waals surface area contributed by atoms with Crippen LogP contribution >= 0.6 is 23.8 Å². The molecule has 0 amide bonds. The number of benzene rings is 2. The van der Waals surface area contributed by atoms with E-state index in [1.165, 1.54) is 23.0 Å². The Morgan fingerprint density at radius 3 is 2.38 bits per heavy atom. The van der Waals surface area contributed by atoms with Crippen molar-refractivity contribution in [1.29, 1.82) is 0 Å². The molecule has 6 nitrogen and oxygen atoms in total. The fourth-order valence-corrected chi connectivity index (χ4v) is 2.90. The van der Waals surface area contributed by atoms with Crippen LogP contribution in [0.1, 0.15) is 0 Å². The van der Waals surface area contributed by atoms with Gasteiger partial charge in [0, 0.05) is 5.02 Å². The fraction of sp³-hybridized carbons (Fsp3) is 0. The Morgan fingerprint density at radius 2 is 1.69 bits per heavy atom. The minimum atomic E-state index is -0.361. The predicted octanol–water partition coefficient (Wildman–Crippen LogP) is 4.28. The zero-order chi connectivity index (χ0) is 18.3. The molecule has 0 spiro atoms. The number of hydrogen-bond acceptors (Lipinski definition) is 4. The lowest BCUT2D eigenvalue weighted by Gasteiger charge is -2.05. The normalized spacial score (nSPS) is 11.0. The quantitative estimate of drug-likeness (QED) is 0.515. The number of hydrogen-bond donors (Lipinski definition) is 2. The number of nitrogens with one attached hydrogen (secondary N) is 1. The van der Waals surface area contributed by atoms with E-state index in [2.05, 4.69) is 15.3 Å². The van der Waals surface area contributed by atoms with Gasteiger partial charge in [0.05, 0.1) is 17.6 Å². The summed E-state index contributed by atoms with van der Waals surface area (Å²) in [6, 6.07) is 12.8. The zero-order valence-electron chi connectivity index (χ0n) is 13.1. The molecule has 0 atom stereocenters. The first-order valence-electron chi connectivity index (χ1n) is 7.51. The van der Waals surface area contributed by atoms with Gasteiger partial charge < -0.3 is 5.11 Å². The van der Waals surface area contributed by atoms with E-state index >= 15 is 0 Å². The molecule has 0 radical (unpaired) electrons. The Morgan fingerprint density at radius 1 is 1.04 bits per heavy atom. The predicted molar refractivity (Wildman–Crippen MR) is 97.9 cm³/mol. The maximum Gasteiger partial charge on any atom is 0.200 e. The van der Waals surface area contributed by atoms with E-state index in [4.69, 9.17) is 23.8 Å². The van der Waals surface area contributed by atoms with Crippen molar-refractivity contribution in [2.75, 3.05) is 0 Å². The van der Waals surface area contributed by atoms with E-state index in [-0.39, 0.29) is 17.3 Å². The van der Waals surface area contributed by atoms with Crippen LogP contribution in [0, 0.1) is 10.6 Å². The molecule has 9 heteroatoms. The Bertz CT molecular complexity index is 1130. The lowest BCUT2D eigenvalue weighted by atomic mass is 10.3. The summed E-state index contributed by atoms with van der Waals surface area (Å²) in [4.78, 5) is 0. The molecular weight excluding hydrogens is 377 g/mol. The number of rotatable bonds is 3. The number of aromatic nitrogens is 5.